The van der Waals surface area contributed by atoms with E-state index < -0.39 is 29.0 Å². The Hall–Kier alpha value is -1.15. The van der Waals surface area contributed by atoms with E-state index in [9.17, 15) is 23.3 Å². The molecule has 4 nitrogen and oxygen atoms in total. The van der Waals surface area contributed by atoms with Crippen LogP contribution in [0, 0.1) is 10.1 Å². The van der Waals surface area contributed by atoms with Crippen molar-refractivity contribution in [3.05, 3.63) is 37.8 Å². The molecule has 0 bridgehead atoms. The summed E-state index contributed by atoms with van der Waals surface area (Å²) >= 11 is 2.65. The standard InChI is InChI=1S/C8H5BrF3NO3/c9-6-1-4(3-14)7(13(15)16)2-5(6)8(10,11)12/h1-2,14H,3H2. The summed E-state index contributed by atoms with van der Waals surface area (Å²) in [7, 11) is 0. The number of rotatable bonds is 2. The van der Waals surface area contributed by atoms with Crippen molar-refractivity contribution in [1.29, 1.82) is 0 Å². The molecule has 0 unspecified atom stereocenters. The van der Waals surface area contributed by atoms with Crippen molar-refractivity contribution in [3.63, 3.8) is 0 Å². The van der Waals surface area contributed by atoms with Gasteiger partial charge in [-0.05, 0) is 6.07 Å². The molecule has 0 atom stereocenters. The molecule has 0 saturated carbocycles. The monoisotopic (exact) mass is 299 g/mol. The number of benzene rings is 1. The highest BCUT2D eigenvalue weighted by atomic mass is 79.9. The van der Waals surface area contributed by atoms with Gasteiger partial charge in [0.2, 0.25) is 0 Å². The van der Waals surface area contributed by atoms with Crippen molar-refractivity contribution in [3.8, 4) is 0 Å². The predicted molar refractivity (Wildman–Crippen MR) is 51.7 cm³/mol. The topological polar surface area (TPSA) is 63.4 Å². The predicted octanol–water partition coefficient (Wildman–Crippen LogP) is 2.87. The second-order valence-corrected chi connectivity index (χ2v) is 3.73. The summed E-state index contributed by atoms with van der Waals surface area (Å²) in [6.45, 7) is -0.701. The van der Waals surface area contributed by atoms with Crippen LogP contribution >= 0.6 is 15.9 Å². The Kier molecular flexibility index (Phi) is 3.54. The van der Waals surface area contributed by atoms with Gasteiger partial charge in [0.25, 0.3) is 5.69 Å². The van der Waals surface area contributed by atoms with E-state index in [-0.39, 0.29) is 10.0 Å². The number of aliphatic hydroxyl groups is 1. The summed E-state index contributed by atoms with van der Waals surface area (Å²) < 4.78 is 36.9. The molecule has 0 fully saturated rings. The smallest absolute Gasteiger partial charge is 0.391 e. The fourth-order valence-corrected chi connectivity index (χ4v) is 1.73. The number of halogens is 4. The van der Waals surface area contributed by atoms with Crippen LogP contribution in [0.1, 0.15) is 11.1 Å². The maximum atomic E-state index is 12.4. The van der Waals surface area contributed by atoms with E-state index >= 15 is 0 Å². The Morgan fingerprint density at radius 1 is 1.44 bits per heavy atom. The molecule has 1 N–H and O–H groups in total. The third-order valence-electron chi connectivity index (χ3n) is 1.84. The van der Waals surface area contributed by atoms with Gasteiger partial charge in [0.1, 0.15) is 0 Å². The zero-order chi connectivity index (χ0) is 12.5. The third-order valence-corrected chi connectivity index (χ3v) is 2.50. The van der Waals surface area contributed by atoms with Gasteiger partial charge in [0.15, 0.2) is 0 Å². The lowest BCUT2D eigenvalue weighted by atomic mass is 10.1. The number of alkyl halides is 3. The summed E-state index contributed by atoms with van der Waals surface area (Å²) in [5, 5.41) is 19.3. The SMILES string of the molecule is O=[N+]([O-])c1cc(C(F)(F)F)c(Br)cc1CO. The maximum Gasteiger partial charge on any atom is 0.417 e. The molecule has 1 aromatic rings. The second kappa shape index (κ2) is 4.38. The number of aliphatic hydroxyl groups excluding tert-OH is 1. The molecule has 0 amide bonds. The highest BCUT2D eigenvalue weighted by Gasteiger charge is 2.35. The van der Waals surface area contributed by atoms with Gasteiger partial charge in [-0.2, -0.15) is 13.2 Å². The molecule has 0 spiro atoms. The molecular weight excluding hydrogens is 295 g/mol. The fraction of sp³-hybridized carbons (Fsp3) is 0.250. The fourth-order valence-electron chi connectivity index (χ4n) is 1.12. The Labute approximate surface area is 96.0 Å². The molecule has 1 rings (SSSR count). The van der Waals surface area contributed by atoms with Gasteiger partial charge in [-0.15, -0.1) is 0 Å². The number of hydrogen-bond acceptors (Lipinski definition) is 3. The Balaban J connectivity index is 3.45. The minimum atomic E-state index is -4.68. The van der Waals surface area contributed by atoms with Crippen molar-refractivity contribution in [2.75, 3.05) is 0 Å². The largest absolute Gasteiger partial charge is 0.417 e. The van der Waals surface area contributed by atoms with E-state index in [1.165, 1.54) is 0 Å². The molecule has 0 aliphatic heterocycles. The molecule has 88 valence electrons. The lowest BCUT2D eigenvalue weighted by Crippen LogP contribution is -2.08. The number of nitrogens with zero attached hydrogens (tertiary/aromatic N) is 1. The van der Waals surface area contributed by atoms with Gasteiger partial charge < -0.3 is 5.11 Å². The molecule has 1 aromatic carbocycles. The van der Waals surface area contributed by atoms with E-state index in [1.807, 2.05) is 0 Å². The lowest BCUT2D eigenvalue weighted by Gasteiger charge is -2.10. The van der Waals surface area contributed by atoms with Crippen LogP contribution in [0.4, 0.5) is 18.9 Å². The average Bonchev–Trinajstić information content (AvgIpc) is 2.14. The first-order chi connectivity index (χ1) is 7.27. The van der Waals surface area contributed by atoms with Crippen molar-refractivity contribution in [2.45, 2.75) is 12.8 Å². The van der Waals surface area contributed by atoms with Crippen LogP contribution < -0.4 is 0 Å². The maximum absolute atomic E-state index is 12.4. The van der Waals surface area contributed by atoms with Gasteiger partial charge >= 0.3 is 6.18 Å². The van der Waals surface area contributed by atoms with Crippen LogP contribution in [-0.2, 0) is 12.8 Å². The third kappa shape index (κ3) is 2.50. The van der Waals surface area contributed by atoms with Crippen molar-refractivity contribution < 1.29 is 23.2 Å². The van der Waals surface area contributed by atoms with E-state index in [1.54, 1.807) is 0 Å². The van der Waals surface area contributed by atoms with Crippen molar-refractivity contribution in [2.24, 2.45) is 0 Å². The quantitative estimate of drug-likeness (QED) is 0.674. The van der Waals surface area contributed by atoms with E-state index in [2.05, 4.69) is 15.9 Å². The van der Waals surface area contributed by atoms with E-state index in [4.69, 9.17) is 5.11 Å². The van der Waals surface area contributed by atoms with Gasteiger partial charge in [-0.3, -0.25) is 10.1 Å². The molecular formula is C8H5BrF3NO3. The van der Waals surface area contributed by atoms with Gasteiger partial charge in [0, 0.05) is 10.5 Å². The first kappa shape index (κ1) is 12.9. The van der Waals surface area contributed by atoms with E-state index in [0.29, 0.717) is 6.07 Å². The van der Waals surface area contributed by atoms with Gasteiger partial charge in [-0.1, -0.05) is 15.9 Å². The van der Waals surface area contributed by atoms with Crippen molar-refractivity contribution in [1.82, 2.24) is 0 Å². The van der Waals surface area contributed by atoms with E-state index in [0.717, 1.165) is 6.07 Å². The summed E-state index contributed by atoms with van der Waals surface area (Å²) in [5.74, 6) is 0. The minimum absolute atomic E-state index is 0.176. The summed E-state index contributed by atoms with van der Waals surface area (Å²) in [6, 6.07) is 1.29. The highest BCUT2D eigenvalue weighted by molar-refractivity contribution is 9.10. The van der Waals surface area contributed by atoms with Crippen LogP contribution in [0.5, 0.6) is 0 Å². The molecule has 16 heavy (non-hydrogen) atoms. The highest BCUT2D eigenvalue weighted by Crippen LogP contribution is 2.38. The number of hydrogen-bond donors (Lipinski definition) is 1. The zero-order valence-electron chi connectivity index (χ0n) is 7.58. The molecule has 0 radical (unpaired) electrons. The molecule has 0 aliphatic rings. The number of nitro groups is 1. The molecule has 0 heterocycles. The zero-order valence-corrected chi connectivity index (χ0v) is 9.17. The molecule has 0 aromatic heterocycles. The van der Waals surface area contributed by atoms with Crippen LogP contribution in [0.2, 0.25) is 0 Å². The van der Waals surface area contributed by atoms with Crippen LogP contribution in [-0.4, -0.2) is 10.0 Å². The number of nitro benzene ring substituents is 1. The van der Waals surface area contributed by atoms with Gasteiger partial charge in [0.05, 0.1) is 22.7 Å². The minimum Gasteiger partial charge on any atom is -0.391 e. The summed E-state index contributed by atoms with van der Waals surface area (Å²) in [5.41, 5.74) is -2.07. The first-order valence-corrected chi connectivity index (χ1v) is 4.71. The molecule has 8 heteroatoms. The summed E-state index contributed by atoms with van der Waals surface area (Å²) in [6.07, 6.45) is -4.68. The first-order valence-electron chi connectivity index (χ1n) is 3.92. The lowest BCUT2D eigenvalue weighted by molar-refractivity contribution is -0.386. The summed E-state index contributed by atoms with van der Waals surface area (Å²) in [4.78, 5) is 9.52. The van der Waals surface area contributed by atoms with Crippen LogP contribution in [0.3, 0.4) is 0 Å². The van der Waals surface area contributed by atoms with Crippen molar-refractivity contribution >= 4 is 21.6 Å². The average molecular weight is 300 g/mol. The second-order valence-electron chi connectivity index (χ2n) is 2.87. The normalized spacial score (nSPS) is 11.6. The van der Waals surface area contributed by atoms with Crippen LogP contribution in [0.25, 0.3) is 0 Å². The molecule has 0 saturated heterocycles. The Morgan fingerprint density at radius 3 is 2.38 bits per heavy atom. The molecule has 0 aliphatic carbocycles. The Bertz CT molecular complexity index is 433. The van der Waals surface area contributed by atoms with Gasteiger partial charge in [-0.25, -0.2) is 0 Å². The van der Waals surface area contributed by atoms with Crippen LogP contribution in [0.15, 0.2) is 16.6 Å². The Morgan fingerprint density at radius 2 is 2.00 bits per heavy atom.